The van der Waals surface area contributed by atoms with Gasteiger partial charge in [-0.2, -0.15) is 0 Å². The van der Waals surface area contributed by atoms with Crippen LogP contribution in [0.3, 0.4) is 0 Å². The Balaban J connectivity index is 1.37. The van der Waals surface area contributed by atoms with Crippen molar-refractivity contribution in [1.82, 2.24) is 5.32 Å². The number of amides is 1. The molecule has 0 aromatic heterocycles. The lowest BCUT2D eigenvalue weighted by Crippen LogP contribution is -2.44. The molecule has 0 unspecified atom stereocenters. The van der Waals surface area contributed by atoms with E-state index in [4.69, 9.17) is 18.9 Å². The molecule has 3 aromatic rings. The number of nitrogens with one attached hydrogen (secondary N) is 1. The van der Waals surface area contributed by atoms with Gasteiger partial charge in [0.1, 0.15) is 6.61 Å². The van der Waals surface area contributed by atoms with E-state index in [9.17, 15) is 24.8 Å². The standard InChI is InChI=1S/C27H26N2O9/c1-35-24-11-16(23(29(33)34)12-25(24)36-2)13-37-15-22(26(30)31)28-27(32)38-14-21-19-9-5-3-7-17(19)18-8-4-6-10-20(18)21/h3-12,21-22H,13-15H2,1-2H3,(H,28,32)(H,30,31)/t22-/m0/s1. The molecule has 1 amide bonds. The molecular weight excluding hydrogens is 496 g/mol. The molecule has 0 saturated carbocycles. The molecule has 0 radical (unpaired) electrons. The number of carboxylic acids is 1. The second kappa shape index (κ2) is 11.6. The molecule has 11 nitrogen and oxygen atoms in total. The maximum absolute atomic E-state index is 12.5. The number of hydrogen-bond donors (Lipinski definition) is 2. The van der Waals surface area contributed by atoms with Crippen LogP contribution in [0.15, 0.2) is 60.7 Å². The fourth-order valence-corrected chi connectivity index (χ4v) is 4.44. The van der Waals surface area contributed by atoms with Gasteiger partial charge in [0.2, 0.25) is 0 Å². The number of carbonyl (C=O) groups is 2. The number of methoxy groups -OCH3 is 2. The summed E-state index contributed by atoms with van der Waals surface area (Å²) < 4.78 is 21.1. The van der Waals surface area contributed by atoms with E-state index >= 15 is 0 Å². The summed E-state index contributed by atoms with van der Waals surface area (Å²) in [4.78, 5) is 35.1. The fraction of sp³-hybridized carbons (Fsp3) is 0.259. The van der Waals surface area contributed by atoms with Crippen LogP contribution in [0.5, 0.6) is 11.5 Å². The summed E-state index contributed by atoms with van der Waals surface area (Å²) in [5.41, 5.74) is 4.06. The van der Waals surface area contributed by atoms with Gasteiger partial charge in [-0.3, -0.25) is 10.1 Å². The average molecular weight is 523 g/mol. The van der Waals surface area contributed by atoms with Crippen LogP contribution >= 0.6 is 0 Å². The highest BCUT2D eigenvalue weighted by Gasteiger charge is 2.30. The molecule has 0 fully saturated rings. The Morgan fingerprint density at radius 3 is 2.13 bits per heavy atom. The normalized spacial score (nSPS) is 12.7. The third-order valence-corrected chi connectivity index (χ3v) is 6.26. The molecule has 3 aromatic carbocycles. The van der Waals surface area contributed by atoms with Crippen molar-refractivity contribution >= 4 is 17.7 Å². The molecule has 0 bridgehead atoms. The molecular formula is C27H26N2O9. The highest BCUT2D eigenvalue weighted by Crippen LogP contribution is 2.44. The quantitative estimate of drug-likeness (QED) is 0.280. The number of nitro groups is 1. The van der Waals surface area contributed by atoms with Gasteiger partial charge >= 0.3 is 12.1 Å². The Morgan fingerprint density at radius 2 is 1.58 bits per heavy atom. The number of carboxylic acid groups (broad SMARTS) is 1. The van der Waals surface area contributed by atoms with Crippen molar-refractivity contribution in [1.29, 1.82) is 0 Å². The first-order valence-electron chi connectivity index (χ1n) is 11.6. The Bertz CT molecular complexity index is 1310. The molecule has 0 aliphatic heterocycles. The summed E-state index contributed by atoms with van der Waals surface area (Å²) in [6, 6.07) is 16.8. The number of carbonyl (C=O) groups excluding carboxylic acids is 1. The lowest BCUT2D eigenvalue weighted by atomic mass is 9.98. The summed E-state index contributed by atoms with van der Waals surface area (Å²) in [6.45, 7) is -0.733. The molecule has 1 atom stereocenters. The summed E-state index contributed by atoms with van der Waals surface area (Å²) in [5.74, 6) is -1.11. The van der Waals surface area contributed by atoms with E-state index in [1.165, 1.54) is 26.4 Å². The van der Waals surface area contributed by atoms with Gasteiger partial charge in [-0.1, -0.05) is 48.5 Å². The molecule has 0 saturated heterocycles. The largest absolute Gasteiger partial charge is 0.493 e. The van der Waals surface area contributed by atoms with Crippen molar-refractivity contribution in [2.75, 3.05) is 27.4 Å². The number of rotatable bonds is 11. The van der Waals surface area contributed by atoms with Gasteiger partial charge in [0, 0.05) is 5.92 Å². The van der Waals surface area contributed by atoms with E-state index in [-0.39, 0.29) is 41.9 Å². The van der Waals surface area contributed by atoms with Gasteiger partial charge in [0.05, 0.1) is 44.0 Å². The Morgan fingerprint density at radius 1 is 1.00 bits per heavy atom. The Kier molecular flexibility index (Phi) is 8.07. The molecule has 0 heterocycles. The van der Waals surface area contributed by atoms with Gasteiger partial charge in [0.15, 0.2) is 17.5 Å². The van der Waals surface area contributed by atoms with Gasteiger partial charge in [0.25, 0.3) is 5.69 Å². The van der Waals surface area contributed by atoms with Gasteiger partial charge < -0.3 is 29.4 Å². The molecule has 1 aliphatic carbocycles. The number of ether oxygens (including phenoxy) is 4. The minimum atomic E-state index is -1.44. The van der Waals surface area contributed by atoms with Crippen molar-refractivity contribution in [3.63, 3.8) is 0 Å². The second-order valence-electron chi connectivity index (χ2n) is 8.47. The van der Waals surface area contributed by atoms with Crippen molar-refractivity contribution in [3.8, 4) is 22.6 Å². The first-order chi connectivity index (χ1) is 18.3. The van der Waals surface area contributed by atoms with Crippen LogP contribution in [-0.4, -0.2) is 55.6 Å². The number of alkyl carbamates (subject to hydrolysis) is 1. The fourth-order valence-electron chi connectivity index (χ4n) is 4.44. The smallest absolute Gasteiger partial charge is 0.407 e. The van der Waals surface area contributed by atoms with E-state index in [0.29, 0.717) is 0 Å². The third-order valence-electron chi connectivity index (χ3n) is 6.26. The SMILES string of the molecule is COc1cc(COC[C@H](NC(=O)OCC2c3ccccc3-c3ccccc32)C(=O)O)c([N+](=O)[O-])cc1OC. The monoisotopic (exact) mass is 522 g/mol. The molecule has 11 heteroatoms. The van der Waals surface area contributed by atoms with Gasteiger partial charge in [-0.05, 0) is 28.3 Å². The van der Waals surface area contributed by atoms with Crippen molar-refractivity contribution in [2.45, 2.75) is 18.6 Å². The second-order valence-corrected chi connectivity index (χ2v) is 8.47. The summed E-state index contributed by atoms with van der Waals surface area (Å²) in [6.07, 6.45) is -0.917. The zero-order valence-corrected chi connectivity index (χ0v) is 20.7. The molecule has 2 N–H and O–H groups in total. The van der Waals surface area contributed by atoms with Crippen LogP contribution in [0.25, 0.3) is 11.1 Å². The van der Waals surface area contributed by atoms with Crippen LogP contribution in [0.2, 0.25) is 0 Å². The first kappa shape index (κ1) is 26.4. The number of nitrogens with zero attached hydrogens (tertiary/aromatic N) is 1. The zero-order chi connectivity index (χ0) is 27.2. The van der Waals surface area contributed by atoms with E-state index in [1.807, 2.05) is 48.5 Å². The van der Waals surface area contributed by atoms with Crippen LogP contribution in [0.4, 0.5) is 10.5 Å². The summed E-state index contributed by atoms with van der Waals surface area (Å²) >= 11 is 0. The van der Waals surface area contributed by atoms with Crippen molar-refractivity contribution in [3.05, 3.63) is 87.5 Å². The summed E-state index contributed by atoms with van der Waals surface area (Å²) in [7, 11) is 2.73. The van der Waals surface area contributed by atoms with Gasteiger partial charge in [-0.15, -0.1) is 0 Å². The van der Waals surface area contributed by atoms with E-state index in [1.54, 1.807) is 0 Å². The molecule has 38 heavy (non-hydrogen) atoms. The van der Waals surface area contributed by atoms with Crippen LogP contribution < -0.4 is 14.8 Å². The van der Waals surface area contributed by atoms with E-state index < -0.39 is 29.6 Å². The predicted octanol–water partition coefficient (Wildman–Crippen LogP) is 4.12. The number of fused-ring (bicyclic) bond motifs is 3. The minimum absolute atomic E-state index is 0.0187. The molecule has 1 aliphatic rings. The number of hydrogen-bond acceptors (Lipinski definition) is 8. The number of aliphatic carboxylic acids is 1. The average Bonchev–Trinajstić information content (AvgIpc) is 3.24. The maximum Gasteiger partial charge on any atom is 0.407 e. The minimum Gasteiger partial charge on any atom is -0.493 e. The lowest BCUT2D eigenvalue weighted by Gasteiger charge is -2.18. The molecule has 0 spiro atoms. The topological polar surface area (TPSA) is 146 Å². The predicted molar refractivity (Wildman–Crippen MR) is 135 cm³/mol. The Labute approximate surface area is 218 Å². The lowest BCUT2D eigenvalue weighted by molar-refractivity contribution is -0.386. The Hall–Kier alpha value is -4.64. The third kappa shape index (κ3) is 5.52. The van der Waals surface area contributed by atoms with Crippen molar-refractivity contribution < 1.29 is 38.6 Å². The van der Waals surface area contributed by atoms with Crippen molar-refractivity contribution in [2.24, 2.45) is 0 Å². The van der Waals surface area contributed by atoms with Crippen LogP contribution in [0, 0.1) is 10.1 Å². The highest BCUT2D eigenvalue weighted by atomic mass is 16.6. The zero-order valence-electron chi connectivity index (χ0n) is 20.7. The maximum atomic E-state index is 12.5. The highest BCUT2D eigenvalue weighted by molar-refractivity contribution is 5.81. The first-order valence-corrected chi connectivity index (χ1v) is 11.6. The van der Waals surface area contributed by atoms with E-state index in [2.05, 4.69) is 5.32 Å². The summed E-state index contributed by atoms with van der Waals surface area (Å²) in [5, 5.41) is 23.3. The molecule has 198 valence electrons. The van der Waals surface area contributed by atoms with Gasteiger partial charge in [-0.25, -0.2) is 9.59 Å². The van der Waals surface area contributed by atoms with Crippen LogP contribution in [-0.2, 0) is 20.9 Å². The number of benzene rings is 3. The number of nitro benzene ring substituents is 1. The molecule has 4 rings (SSSR count). The van der Waals surface area contributed by atoms with Crippen LogP contribution in [0.1, 0.15) is 22.6 Å². The van der Waals surface area contributed by atoms with E-state index in [0.717, 1.165) is 22.3 Å².